The Morgan fingerprint density at radius 2 is 1.89 bits per heavy atom. The molecule has 1 aliphatic rings. The van der Waals surface area contributed by atoms with E-state index in [2.05, 4.69) is 5.32 Å². The van der Waals surface area contributed by atoms with Crippen molar-refractivity contribution < 1.29 is 23.8 Å². The van der Waals surface area contributed by atoms with Crippen LogP contribution in [0.3, 0.4) is 0 Å². The van der Waals surface area contributed by atoms with Crippen LogP contribution in [0.1, 0.15) is 39.2 Å². The number of rotatable bonds is 9. The standard InChI is InChI=1S/C20H29NO5S/c1-20(2,3)26-19(23)21-17(18(22)24-12-15-5-6-15)11-14-7-9-16(10-8-14)25-13-27-4/h7-10,15,17H,5-6,11-13H2,1-4H3,(H,21,23)/t17-/m1/s1. The first-order chi connectivity index (χ1) is 12.8. The fourth-order valence-electron chi connectivity index (χ4n) is 2.31. The van der Waals surface area contributed by atoms with Crippen molar-refractivity contribution in [1.29, 1.82) is 0 Å². The summed E-state index contributed by atoms with van der Waals surface area (Å²) < 4.78 is 16.2. The Balaban J connectivity index is 1.98. The SMILES string of the molecule is CSCOc1ccc(C[C@@H](NC(=O)OC(C)(C)C)C(=O)OCC2CC2)cc1. The lowest BCUT2D eigenvalue weighted by Gasteiger charge is -2.23. The minimum Gasteiger partial charge on any atom is -0.483 e. The Hall–Kier alpha value is -1.89. The zero-order valence-electron chi connectivity index (χ0n) is 16.4. The second-order valence-electron chi connectivity index (χ2n) is 7.67. The molecule has 1 saturated carbocycles. The molecule has 0 spiro atoms. The van der Waals surface area contributed by atoms with Crippen LogP contribution in [0.2, 0.25) is 0 Å². The van der Waals surface area contributed by atoms with Crippen molar-refractivity contribution in [3.63, 3.8) is 0 Å². The average molecular weight is 396 g/mol. The Morgan fingerprint density at radius 3 is 2.44 bits per heavy atom. The lowest BCUT2D eigenvalue weighted by Crippen LogP contribution is -2.45. The predicted octanol–water partition coefficient (Wildman–Crippen LogP) is 3.77. The maximum absolute atomic E-state index is 12.5. The third-order valence-electron chi connectivity index (χ3n) is 3.84. The number of alkyl carbamates (subject to hydrolysis) is 1. The van der Waals surface area contributed by atoms with E-state index < -0.39 is 23.7 Å². The highest BCUT2D eigenvalue weighted by molar-refractivity contribution is 7.98. The van der Waals surface area contributed by atoms with Crippen molar-refractivity contribution in [2.24, 2.45) is 5.92 Å². The molecule has 0 heterocycles. The molecule has 27 heavy (non-hydrogen) atoms. The number of nitrogens with one attached hydrogen (secondary N) is 1. The van der Waals surface area contributed by atoms with Gasteiger partial charge in [-0.2, -0.15) is 0 Å². The summed E-state index contributed by atoms with van der Waals surface area (Å²) in [5.74, 6) is 1.37. The number of carbonyl (C=O) groups is 2. The summed E-state index contributed by atoms with van der Waals surface area (Å²) in [6.45, 7) is 5.74. The first-order valence-electron chi connectivity index (χ1n) is 9.13. The van der Waals surface area contributed by atoms with Crippen molar-refractivity contribution in [3.8, 4) is 5.75 Å². The summed E-state index contributed by atoms with van der Waals surface area (Å²) >= 11 is 1.59. The number of amides is 1. The van der Waals surface area contributed by atoms with Gasteiger partial charge in [-0.25, -0.2) is 9.59 Å². The van der Waals surface area contributed by atoms with E-state index in [1.165, 1.54) is 0 Å². The van der Waals surface area contributed by atoms with Gasteiger partial charge >= 0.3 is 12.1 Å². The molecular weight excluding hydrogens is 366 g/mol. The topological polar surface area (TPSA) is 73.9 Å². The van der Waals surface area contributed by atoms with E-state index in [0.29, 0.717) is 24.9 Å². The Bertz CT molecular complexity index is 622. The smallest absolute Gasteiger partial charge is 0.408 e. The van der Waals surface area contributed by atoms with Crippen molar-refractivity contribution >= 4 is 23.8 Å². The summed E-state index contributed by atoms with van der Waals surface area (Å²) in [5.41, 5.74) is 0.263. The number of hydrogen-bond acceptors (Lipinski definition) is 6. The van der Waals surface area contributed by atoms with Crippen LogP contribution in [0.4, 0.5) is 4.79 Å². The highest BCUT2D eigenvalue weighted by Gasteiger charge is 2.28. The normalized spacial score (nSPS) is 15.0. The van der Waals surface area contributed by atoms with E-state index in [1.807, 2.05) is 30.5 Å². The predicted molar refractivity (Wildman–Crippen MR) is 106 cm³/mol. The van der Waals surface area contributed by atoms with Gasteiger partial charge in [0, 0.05) is 6.42 Å². The van der Waals surface area contributed by atoms with E-state index in [0.717, 1.165) is 24.2 Å². The van der Waals surface area contributed by atoms with Gasteiger partial charge in [0.15, 0.2) is 0 Å². The molecule has 0 saturated heterocycles. The fraction of sp³-hybridized carbons (Fsp3) is 0.600. The fourth-order valence-corrected chi connectivity index (χ4v) is 2.57. The molecule has 1 aliphatic carbocycles. The number of esters is 1. The number of benzene rings is 1. The average Bonchev–Trinajstić information content (AvgIpc) is 3.41. The van der Waals surface area contributed by atoms with Gasteiger partial charge in [0.25, 0.3) is 0 Å². The number of ether oxygens (including phenoxy) is 3. The largest absolute Gasteiger partial charge is 0.483 e. The van der Waals surface area contributed by atoms with Crippen LogP contribution in [-0.2, 0) is 20.7 Å². The minimum atomic E-state index is -0.795. The summed E-state index contributed by atoms with van der Waals surface area (Å²) in [6.07, 6.45) is 3.85. The van der Waals surface area contributed by atoms with Gasteiger partial charge in [0.2, 0.25) is 0 Å². The molecule has 0 aliphatic heterocycles. The van der Waals surface area contributed by atoms with Crippen LogP contribution in [0.5, 0.6) is 5.75 Å². The molecule has 1 aromatic rings. The van der Waals surface area contributed by atoms with Crippen LogP contribution in [0.25, 0.3) is 0 Å². The molecule has 0 aromatic heterocycles. The molecule has 1 aromatic carbocycles. The lowest BCUT2D eigenvalue weighted by atomic mass is 10.1. The van der Waals surface area contributed by atoms with Gasteiger partial charge in [0.05, 0.1) is 6.61 Å². The Labute approximate surface area is 165 Å². The van der Waals surface area contributed by atoms with Crippen molar-refractivity contribution in [2.45, 2.75) is 51.7 Å². The molecule has 1 amide bonds. The van der Waals surface area contributed by atoms with E-state index >= 15 is 0 Å². The lowest BCUT2D eigenvalue weighted by molar-refractivity contribution is -0.146. The molecule has 1 N–H and O–H groups in total. The van der Waals surface area contributed by atoms with Crippen LogP contribution in [-0.4, -0.2) is 42.5 Å². The molecule has 0 radical (unpaired) electrons. The molecule has 150 valence electrons. The van der Waals surface area contributed by atoms with E-state index in [-0.39, 0.29) is 0 Å². The summed E-state index contributed by atoms with van der Waals surface area (Å²) in [4.78, 5) is 24.6. The van der Waals surface area contributed by atoms with Gasteiger partial charge < -0.3 is 19.5 Å². The van der Waals surface area contributed by atoms with Crippen LogP contribution >= 0.6 is 11.8 Å². The first kappa shape index (κ1) is 21.4. The summed E-state index contributed by atoms with van der Waals surface area (Å²) in [6, 6.07) is 6.68. The molecule has 0 unspecified atom stereocenters. The molecule has 2 rings (SSSR count). The van der Waals surface area contributed by atoms with Crippen molar-refractivity contribution in [2.75, 3.05) is 18.8 Å². The van der Waals surface area contributed by atoms with Gasteiger partial charge in [-0.15, -0.1) is 11.8 Å². The van der Waals surface area contributed by atoms with Gasteiger partial charge in [-0.05, 0) is 63.5 Å². The van der Waals surface area contributed by atoms with Crippen LogP contribution in [0.15, 0.2) is 24.3 Å². The highest BCUT2D eigenvalue weighted by atomic mass is 32.2. The molecule has 6 nitrogen and oxygen atoms in total. The van der Waals surface area contributed by atoms with E-state index in [4.69, 9.17) is 14.2 Å². The quantitative estimate of drug-likeness (QED) is 0.507. The van der Waals surface area contributed by atoms with E-state index in [1.54, 1.807) is 32.5 Å². The monoisotopic (exact) mass is 395 g/mol. The second kappa shape index (κ2) is 9.88. The third kappa shape index (κ3) is 8.56. The zero-order valence-corrected chi connectivity index (χ0v) is 17.3. The number of thioether (sulfide) groups is 1. The number of hydrogen-bond donors (Lipinski definition) is 1. The minimum absolute atomic E-state index is 0.325. The van der Waals surface area contributed by atoms with Crippen molar-refractivity contribution in [3.05, 3.63) is 29.8 Å². The van der Waals surface area contributed by atoms with Gasteiger partial charge in [0.1, 0.15) is 23.3 Å². The molecular formula is C20H29NO5S. The molecule has 1 fully saturated rings. The Kier molecular flexibility index (Phi) is 7.83. The van der Waals surface area contributed by atoms with E-state index in [9.17, 15) is 9.59 Å². The second-order valence-corrected chi connectivity index (χ2v) is 8.48. The summed E-state index contributed by atoms with van der Waals surface area (Å²) in [7, 11) is 0. The van der Waals surface area contributed by atoms with Crippen LogP contribution < -0.4 is 10.1 Å². The highest BCUT2D eigenvalue weighted by Crippen LogP contribution is 2.29. The van der Waals surface area contributed by atoms with Crippen molar-refractivity contribution in [1.82, 2.24) is 5.32 Å². The molecule has 1 atom stereocenters. The summed E-state index contributed by atoms with van der Waals surface area (Å²) in [5, 5.41) is 2.64. The third-order valence-corrected chi connectivity index (χ3v) is 4.19. The van der Waals surface area contributed by atoms with Gasteiger partial charge in [-0.1, -0.05) is 12.1 Å². The first-order valence-corrected chi connectivity index (χ1v) is 10.5. The molecule has 7 heteroatoms. The molecule has 0 bridgehead atoms. The number of carbonyl (C=O) groups excluding carboxylic acids is 2. The Morgan fingerprint density at radius 1 is 1.22 bits per heavy atom. The maximum Gasteiger partial charge on any atom is 0.408 e. The maximum atomic E-state index is 12.5. The zero-order chi connectivity index (χ0) is 19.9. The van der Waals surface area contributed by atoms with Crippen LogP contribution in [0, 0.1) is 5.92 Å². The van der Waals surface area contributed by atoms with Gasteiger partial charge in [-0.3, -0.25) is 0 Å².